The lowest BCUT2D eigenvalue weighted by Crippen LogP contribution is -2.23. The minimum atomic E-state index is -0.549. The van der Waals surface area contributed by atoms with Crippen molar-refractivity contribution in [3.8, 4) is 5.69 Å². The molecule has 0 saturated heterocycles. The molecule has 0 radical (unpaired) electrons. The number of aromatic nitrogens is 2. The second-order valence-electron chi connectivity index (χ2n) is 8.23. The zero-order chi connectivity index (χ0) is 23.8. The van der Waals surface area contributed by atoms with Crippen LogP contribution in [0.3, 0.4) is 0 Å². The molecule has 1 N–H and O–H groups in total. The minimum absolute atomic E-state index is 0.0316. The molecule has 174 valence electrons. The molecular weight excluding hydrogens is 493 g/mol. The number of rotatable bonds is 5. The summed E-state index contributed by atoms with van der Waals surface area (Å²) in [7, 11) is 0. The Balaban J connectivity index is 1.51. The molecule has 5 rings (SSSR count). The van der Waals surface area contributed by atoms with E-state index >= 15 is 0 Å². The lowest BCUT2D eigenvalue weighted by Gasteiger charge is -2.14. The normalized spacial score (nSPS) is 13.1. The Morgan fingerprint density at radius 3 is 2.85 bits per heavy atom. The number of nitrogens with zero attached hydrogens (tertiary/aromatic N) is 2. The number of aryl methyl sites for hydroxylation is 3. The minimum Gasteiger partial charge on any atom is -0.325 e. The number of anilines is 1. The lowest BCUT2D eigenvalue weighted by molar-refractivity contribution is -0.113. The fourth-order valence-electron chi connectivity index (χ4n) is 4.18. The molecule has 0 aliphatic heterocycles. The van der Waals surface area contributed by atoms with Crippen LogP contribution in [-0.4, -0.2) is 21.2 Å². The highest BCUT2D eigenvalue weighted by molar-refractivity contribution is 7.99. The Kier molecular flexibility index (Phi) is 6.46. The maximum atomic E-state index is 13.8. The summed E-state index contributed by atoms with van der Waals surface area (Å²) >= 11 is 8.59. The number of hydrogen-bond donors (Lipinski definition) is 1. The Morgan fingerprint density at radius 2 is 2.06 bits per heavy atom. The zero-order valence-corrected chi connectivity index (χ0v) is 20.7. The molecule has 0 fully saturated rings. The van der Waals surface area contributed by atoms with Crippen LogP contribution in [0.15, 0.2) is 52.4 Å². The van der Waals surface area contributed by atoms with Gasteiger partial charge in [0.15, 0.2) is 5.16 Å². The standard InChI is InChI=1S/C25H21ClFN3O2S2/c1-14-5-4-6-16(11-14)30-24(32)22-17-7-2-3-8-20(17)34-23(22)29-25(30)33-13-21(31)28-15-9-10-19(27)18(26)12-15/h4-6,9-12H,2-3,7-8,13H2,1H3,(H,28,31). The molecule has 4 aromatic rings. The summed E-state index contributed by atoms with van der Waals surface area (Å²) in [5.41, 5.74) is 3.19. The van der Waals surface area contributed by atoms with Crippen molar-refractivity contribution in [2.24, 2.45) is 0 Å². The molecule has 1 aliphatic rings. The van der Waals surface area contributed by atoms with Gasteiger partial charge >= 0.3 is 0 Å². The van der Waals surface area contributed by atoms with Crippen LogP contribution < -0.4 is 10.9 Å². The van der Waals surface area contributed by atoms with Gasteiger partial charge in [0.05, 0.1) is 21.8 Å². The molecule has 9 heteroatoms. The molecule has 2 aromatic carbocycles. The summed E-state index contributed by atoms with van der Waals surface area (Å²) in [4.78, 5) is 33.2. The zero-order valence-electron chi connectivity index (χ0n) is 18.4. The van der Waals surface area contributed by atoms with Gasteiger partial charge < -0.3 is 5.32 Å². The van der Waals surface area contributed by atoms with Gasteiger partial charge in [-0.05, 0) is 74.1 Å². The topological polar surface area (TPSA) is 64.0 Å². The van der Waals surface area contributed by atoms with Crippen LogP contribution in [-0.2, 0) is 17.6 Å². The van der Waals surface area contributed by atoms with E-state index in [1.54, 1.807) is 15.9 Å². The molecule has 0 spiro atoms. The largest absolute Gasteiger partial charge is 0.325 e. The van der Waals surface area contributed by atoms with Crippen molar-refractivity contribution in [1.29, 1.82) is 0 Å². The third-order valence-corrected chi connectivity index (χ3v) is 8.17. The van der Waals surface area contributed by atoms with E-state index in [1.165, 1.54) is 34.8 Å². The van der Waals surface area contributed by atoms with Crippen molar-refractivity contribution in [2.45, 2.75) is 37.8 Å². The van der Waals surface area contributed by atoms with Crippen LogP contribution in [0.25, 0.3) is 15.9 Å². The second-order valence-corrected chi connectivity index (χ2v) is 10.7. The van der Waals surface area contributed by atoms with Crippen LogP contribution >= 0.6 is 34.7 Å². The summed E-state index contributed by atoms with van der Waals surface area (Å²) in [6.45, 7) is 1.97. The Bertz CT molecular complexity index is 1480. The number of nitrogens with one attached hydrogen (secondary N) is 1. The molecule has 1 amide bonds. The maximum absolute atomic E-state index is 13.8. The molecule has 0 bridgehead atoms. The summed E-state index contributed by atoms with van der Waals surface area (Å²) in [5, 5.41) is 3.83. The fourth-order valence-corrected chi connectivity index (χ4v) is 6.47. The van der Waals surface area contributed by atoms with E-state index in [9.17, 15) is 14.0 Å². The van der Waals surface area contributed by atoms with Gasteiger partial charge in [0.25, 0.3) is 5.56 Å². The Morgan fingerprint density at radius 1 is 1.24 bits per heavy atom. The lowest BCUT2D eigenvalue weighted by atomic mass is 9.97. The van der Waals surface area contributed by atoms with Crippen LogP contribution in [0.2, 0.25) is 5.02 Å². The SMILES string of the molecule is Cc1cccc(-n2c(SCC(=O)Nc3ccc(F)c(Cl)c3)nc3sc4c(c3c2=O)CCCC4)c1. The third kappa shape index (κ3) is 4.50. The van der Waals surface area contributed by atoms with E-state index < -0.39 is 5.82 Å². The summed E-state index contributed by atoms with van der Waals surface area (Å²) in [5.74, 6) is -0.820. The van der Waals surface area contributed by atoms with E-state index in [-0.39, 0.29) is 22.2 Å². The van der Waals surface area contributed by atoms with Crippen LogP contribution in [0.1, 0.15) is 28.8 Å². The van der Waals surface area contributed by atoms with E-state index in [1.807, 2.05) is 31.2 Å². The first-order chi connectivity index (χ1) is 16.4. The number of carbonyl (C=O) groups excluding carboxylic acids is 1. The van der Waals surface area contributed by atoms with E-state index in [0.717, 1.165) is 47.3 Å². The van der Waals surface area contributed by atoms with Gasteiger partial charge in [-0.25, -0.2) is 9.37 Å². The average molecular weight is 514 g/mol. The number of thiophene rings is 1. The van der Waals surface area contributed by atoms with Gasteiger partial charge in [-0.15, -0.1) is 11.3 Å². The van der Waals surface area contributed by atoms with Crippen molar-refractivity contribution >= 4 is 56.5 Å². The molecule has 2 aromatic heterocycles. The number of amides is 1. The van der Waals surface area contributed by atoms with Crippen molar-refractivity contribution in [2.75, 3.05) is 11.1 Å². The highest BCUT2D eigenvalue weighted by Gasteiger charge is 2.23. The van der Waals surface area contributed by atoms with Gasteiger partial charge in [0, 0.05) is 10.6 Å². The van der Waals surface area contributed by atoms with Crippen LogP contribution in [0, 0.1) is 12.7 Å². The molecule has 0 unspecified atom stereocenters. The van der Waals surface area contributed by atoms with E-state index in [0.29, 0.717) is 16.2 Å². The van der Waals surface area contributed by atoms with Crippen molar-refractivity contribution < 1.29 is 9.18 Å². The molecular formula is C25H21ClFN3O2S2. The van der Waals surface area contributed by atoms with E-state index in [4.69, 9.17) is 16.6 Å². The maximum Gasteiger partial charge on any atom is 0.267 e. The summed E-state index contributed by atoms with van der Waals surface area (Å²) in [6, 6.07) is 11.7. The fraction of sp³-hybridized carbons (Fsp3) is 0.240. The highest BCUT2D eigenvalue weighted by atomic mass is 35.5. The van der Waals surface area contributed by atoms with Gasteiger partial charge in [0.1, 0.15) is 10.6 Å². The Hall–Kier alpha value is -2.68. The number of hydrogen-bond acceptors (Lipinski definition) is 5. The quantitative estimate of drug-likeness (QED) is 0.256. The van der Waals surface area contributed by atoms with E-state index in [2.05, 4.69) is 5.32 Å². The molecule has 5 nitrogen and oxygen atoms in total. The van der Waals surface area contributed by atoms with Crippen molar-refractivity contribution in [3.05, 3.63) is 79.7 Å². The first-order valence-electron chi connectivity index (χ1n) is 10.9. The van der Waals surface area contributed by atoms with Gasteiger partial charge in [-0.1, -0.05) is 35.5 Å². The van der Waals surface area contributed by atoms with Gasteiger partial charge in [-0.2, -0.15) is 0 Å². The number of thioether (sulfide) groups is 1. The smallest absolute Gasteiger partial charge is 0.267 e. The molecule has 1 aliphatic carbocycles. The summed E-state index contributed by atoms with van der Waals surface area (Å²) < 4.78 is 15.0. The van der Waals surface area contributed by atoms with Crippen LogP contribution in [0.5, 0.6) is 0 Å². The van der Waals surface area contributed by atoms with Crippen molar-refractivity contribution in [3.63, 3.8) is 0 Å². The number of fused-ring (bicyclic) bond motifs is 3. The third-order valence-electron chi connectivity index (χ3n) is 5.75. The van der Waals surface area contributed by atoms with Crippen molar-refractivity contribution in [1.82, 2.24) is 9.55 Å². The average Bonchev–Trinajstić information content (AvgIpc) is 3.19. The number of benzene rings is 2. The Labute approximate surface area is 209 Å². The predicted octanol–water partition coefficient (Wildman–Crippen LogP) is 6.16. The highest BCUT2D eigenvalue weighted by Crippen LogP contribution is 2.35. The summed E-state index contributed by atoms with van der Waals surface area (Å²) in [6.07, 6.45) is 4.08. The molecule has 0 saturated carbocycles. The molecule has 2 heterocycles. The number of carbonyl (C=O) groups is 1. The predicted molar refractivity (Wildman–Crippen MR) is 137 cm³/mol. The van der Waals surface area contributed by atoms with Crippen LogP contribution in [0.4, 0.5) is 10.1 Å². The van der Waals surface area contributed by atoms with Gasteiger partial charge in [-0.3, -0.25) is 14.2 Å². The number of halogens is 2. The monoisotopic (exact) mass is 513 g/mol. The molecule has 0 atom stereocenters. The first kappa shape index (κ1) is 23.1. The first-order valence-corrected chi connectivity index (χ1v) is 13.1. The molecule has 34 heavy (non-hydrogen) atoms. The van der Waals surface area contributed by atoms with Gasteiger partial charge in [0.2, 0.25) is 5.91 Å². The second kappa shape index (κ2) is 9.52.